The van der Waals surface area contributed by atoms with Crippen LogP contribution in [0.2, 0.25) is 0 Å². The maximum atomic E-state index is 12.2. The van der Waals surface area contributed by atoms with E-state index in [1.165, 1.54) is 6.20 Å². The average molecular weight is 303 g/mol. The quantitative estimate of drug-likeness (QED) is 0.761. The lowest BCUT2D eigenvalue weighted by Gasteiger charge is -2.12. The molecule has 0 fully saturated rings. The molecule has 0 saturated heterocycles. The van der Waals surface area contributed by atoms with Crippen molar-refractivity contribution in [1.29, 1.82) is 0 Å². The predicted molar refractivity (Wildman–Crippen MR) is 69.5 cm³/mol. The molecule has 5 heteroatoms. The van der Waals surface area contributed by atoms with Gasteiger partial charge in [0.15, 0.2) is 0 Å². The number of hydrogen-bond acceptors (Lipinski definition) is 3. The van der Waals surface area contributed by atoms with Gasteiger partial charge in [-0.15, -0.1) is 0 Å². The van der Waals surface area contributed by atoms with Crippen LogP contribution >= 0.6 is 15.9 Å². The number of fused-ring (bicyclic) bond motifs is 1. The van der Waals surface area contributed by atoms with Crippen LogP contribution in [-0.2, 0) is 0 Å². The van der Waals surface area contributed by atoms with Gasteiger partial charge in [-0.2, -0.15) is 0 Å². The van der Waals surface area contributed by atoms with Gasteiger partial charge in [0, 0.05) is 10.7 Å². The summed E-state index contributed by atoms with van der Waals surface area (Å²) in [4.78, 5) is 29.5. The predicted octanol–water partition coefficient (Wildman–Crippen LogP) is 2.64. The first-order valence-corrected chi connectivity index (χ1v) is 6.06. The number of benzene rings is 1. The molecule has 1 aromatic carbocycles. The molecular weight excluding hydrogens is 296 g/mol. The van der Waals surface area contributed by atoms with Gasteiger partial charge in [-0.05, 0) is 30.3 Å². The van der Waals surface area contributed by atoms with E-state index in [0.29, 0.717) is 16.8 Å². The number of anilines is 1. The van der Waals surface area contributed by atoms with Crippen molar-refractivity contribution in [3.8, 4) is 0 Å². The van der Waals surface area contributed by atoms with Gasteiger partial charge in [-0.3, -0.25) is 14.6 Å². The molecule has 4 nitrogen and oxygen atoms in total. The fourth-order valence-electron chi connectivity index (χ4n) is 1.93. The second kappa shape index (κ2) is 4.03. The fourth-order valence-corrected chi connectivity index (χ4v) is 2.29. The van der Waals surface area contributed by atoms with Gasteiger partial charge in [0.05, 0.1) is 23.0 Å². The molecule has 0 N–H and O–H groups in total. The van der Waals surface area contributed by atoms with Gasteiger partial charge in [-0.1, -0.05) is 15.9 Å². The molecule has 1 aromatic heterocycles. The lowest BCUT2D eigenvalue weighted by molar-refractivity contribution is 0.0926. The Bertz CT molecular complexity index is 655. The lowest BCUT2D eigenvalue weighted by Crippen LogP contribution is -2.29. The lowest BCUT2D eigenvalue weighted by atomic mass is 10.1. The van der Waals surface area contributed by atoms with Gasteiger partial charge >= 0.3 is 0 Å². The van der Waals surface area contributed by atoms with Gasteiger partial charge in [0.2, 0.25) is 0 Å². The van der Waals surface area contributed by atoms with Crippen molar-refractivity contribution in [2.24, 2.45) is 0 Å². The third-order valence-electron chi connectivity index (χ3n) is 2.75. The number of carbonyl (C=O) groups is 2. The molecule has 0 spiro atoms. The number of amides is 2. The Morgan fingerprint density at radius 3 is 2.56 bits per heavy atom. The highest BCUT2D eigenvalue weighted by atomic mass is 79.9. The van der Waals surface area contributed by atoms with Crippen LogP contribution in [0.5, 0.6) is 0 Å². The fraction of sp³-hybridized carbons (Fsp3) is 0. The molecule has 2 heterocycles. The van der Waals surface area contributed by atoms with E-state index in [1.54, 1.807) is 36.5 Å². The van der Waals surface area contributed by atoms with E-state index < -0.39 is 0 Å². The second-order valence-electron chi connectivity index (χ2n) is 3.85. The summed E-state index contributed by atoms with van der Waals surface area (Å²) in [6, 6.07) is 8.43. The Labute approximate surface area is 111 Å². The zero-order valence-electron chi connectivity index (χ0n) is 9.13. The molecule has 2 amide bonds. The number of rotatable bonds is 1. The van der Waals surface area contributed by atoms with Crippen molar-refractivity contribution < 1.29 is 9.59 Å². The molecule has 2 aromatic rings. The molecule has 0 unspecified atom stereocenters. The molecule has 0 bridgehead atoms. The summed E-state index contributed by atoms with van der Waals surface area (Å²) in [6.45, 7) is 0. The minimum Gasteiger partial charge on any atom is -0.268 e. The van der Waals surface area contributed by atoms with Crippen molar-refractivity contribution in [3.63, 3.8) is 0 Å². The maximum absolute atomic E-state index is 12.2. The first kappa shape index (κ1) is 11.1. The Hall–Kier alpha value is -2.01. The van der Waals surface area contributed by atoms with Crippen LogP contribution in [0, 0.1) is 0 Å². The summed E-state index contributed by atoms with van der Waals surface area (Å²) in [7, 11) is 0. The number of aromatic nitrogens is 1. The monoisotopic (exact) mass is 302 g/mol. The minimum absolute atomic E-state index is 0.310. The molecule has 0 atom stereocenters. The number of carbonyl (C=O) groups excluding carboxylic acids is 2. The van der Waals surface area contributed by atoms with E-state index in [4.69, 9.17) is 0 Å². The SMILES string of the molecule is O=C1c2ccc(Br)cc2C(=O)N1c1cccnc1. The number of imide groups is 1. The number of nitrogens with zero attached hydrogens (tertiary/aromatic N) is 2. The molecular formula is C13H7BrN2O2. The highest BCUT2D eigenvalue weighted by molar-refractivity contribution is 9.10. The van der Waals surface area contributed by atoms with Crippen LogP contribution < -0.4 is 4.90 Å². The number of hydrogen-bond donors (Lipinski definition) is 0. The van der Waals surface area contributed by atoms with Crippen LogP contribution in [0.4, 0.5) is 5.69 Å². The van der Waals surface area contributed by atoms with E-state index in [2.05, 4.69) is 20.9 Å². The molecule has 1 aliphatic rings. The standard InChI is InChI=1S/C13H7BrN2O2/c14-8-3-4-10-11(6-8)13(18)16(12(10)17)9-2-1-5-15-7-9/h1-7H. The first-order valence-electron chi connectivity index (χ1n) is 5.27. The second-order valence-corrected chi connectivity index (χ2v) is 4.76. The number of halogens is 1. The van der Waals surface area contributed by atoms with Gasteiger partial charge in [-0.25, -0.2) is 4.90 Å². The Morgan fingerprint density at radius 2 is 1.83 bits per heavy atom. The van der Waals surface area contributed by atoms with Gasteiger partial charge < -0.3 is 0 Å². The molecule has 0 aliphatic carbocycles. The van der Waals surface area contributed by atoms with Crippen molar-refractivity contribution in [2.45, 2.75) is 0 Å². The summed E-state index contributed by atoms with van der Waals surface area (Å²) in [5, 5.41) is 0. The zero-order valence-corrected chi connectivity index (χ0v) is 10.7. The van der Waals surface area contributed by atoms with E-state index in [1.807, 2.05) is 0 Å². The molecule has 3 rings (SSSR count). The summed E-state index contributed by atoms with van der Waals surface area (Å²) < 4.78 is 0.774. The number of pyridine rings is 1. The van der Waals surface area contributed by atoms with Crippen molar-refractivity contribution >= 4 is 33.4 Å². The summed E-state index contributed by atoms with van der Waals surface area (Å²) in [6.07, 6.45) is 3.09. The highest BCUT2D eigenvalue weighted by Gasteiger charge is 2.36. The topological polar surface area (TPSA) is 50.3 Å². The Balaban J connectivity index is 2.13. The van der Waals surface area contributed by atoms with Crippen molar-refractivity contribution in [1.82, 2.24) is 4.98 Å². The third kappa shape index (κ3) is 1.55. The van der Waals surface area contributed by atoms with Crippen molar-refractivity contribution in [3.05, 3.63) is 58.3 Å². The third-order valence-corrected chi connectivity index (χ3v) is 3.25. The van der Waals surface area contributed by atoms with Crippen molar-refractivity contribution in [2.75, 3.05) is 4.90 Å². The van der Waals surface area contributed by atoms with E-state index in [-0.39, 0.29) is 11.8 Å². The van der Waals surface area contributed by atoms with Crippen LogP contribution in [0.25, 0.3) is 0 Å². The molecule has 18 heavy (non-hydrogen) atoms. The summed E-state index contributed by atoms with van der Waals surface area (Å²) in [5.74, 6) is -0.625. The van der Waals surface area contributed by atoms with Gasteiger partial charge in [0.1, 0.15) is 0 Å². The first-order chi connectivity index (χ1) is 8.68. The molecule has 1 aliphatic heterocycles. The summed E-state index contributed by atoms with van der Waals surface area (Å²) >= 11 is 3.29. The Morgan fingerprint density at radius 1 is 1.06 bits per heavy atom. The van der Waals surface area contributed by atoms with E-state index in [9.17, 15) is 9.59 Å². The largest absolute Gasteiger partial charge is 0.268 e. The van der Waals surface area contributed by atoms with Crippen LogP contribution in [0.3, 0.4) is 0 Å². The molecule has 0 radical (unpaired) electrons. The van der Waals surface area contributed by atoms with Crippen LogP contribution in [-0.4, -0.2) is 16.8 Å². The van der Waals surface area contributed by atoms with Crippen LogP contribution in [0.15, 0.2) is 47.2 Å². The van der Waals surface area contributed by atoms with Gasteiger partial charge in [0.25, 0.3) is 11.8 Å². The van der Waals surface area contributed by atoms with E-state index in [0.717, 1.165) is 9.37 Å². The normalized spacial score (nSPS) is 13.9. The summed E-state index contributed by atoms with van der Waals surface area (Å²) in [5.41, 5.74) is 1.32. The molecule has 0 saturated carbocycles. The maximum Gasteiger partial charge on any atom is 0.266 e. The minimum atomic E-state index is -0.315. The Kier molecular flexibility index (Phi) is 2.48. The highest BCUT2D eigenvalue weighted by Crippen LogP contribution is 2.29. The average Bonchev–Trinajstić information content (AvgIpc) is 2.63. The van der Waals surface area contributed by atoms with E-state index >= 15 is 0 Å². The smallest absolute Gasteiger partial charge is 0.266 e. The van der Waals surface area contributed by atoms with Crippen LogP contribution in [0.1, 0.15) is 20.7 Å². The zero-order chi connectivity index (χ0) is 12.7. The molecule has 88 valence electrons.